The highest BCUT2D eigenvalue weighted by Crippen LogP contribution is 1.89. The molecule has 0 heterocycles. The van der Waals surface area contributed by atoms with E-state index in [2.05, 4.69) is 5.32 Å². The van der Waals surface area contributed by atoms with E-state index >= 15 is 0 Å². The molecule has 66 valence electrons. The second-order valence-corrected chi connectivity index (χ2v) is 1.78. The van der Waals surface area contributed by atoms with Gasteiger partial charge in [0.05, 0.1) is 6.42 Å². The summed E-state index contributed by atoms with van der Waals surface area (Å²) in [6, 6.07) is -0.988. The van der Waals surface area contributed by atoms with Crippen molar-refractivity contribution in [2.45, 2.75) is 12.5 Å². The van der Waals surface area contributed by atoms with Gasteiger partial charge in [0.25, 0.3) is 0 Å². The first-order valence-corrected chi connectivity index (χ1v) is 2.69. The summed E-state index contributed by atoms with van der Waals surface area (Å²) in [6.45, 7) is 0. The Morgan fingerprint density at radius 2 is 1.91 bits per heavy atom. The van der Waals surface area contributed by atoms with Crippen molar-refractivity contribution in [3.63, 3.8) is 0 Å². The van der Waals surface area contributed by atoms with Crippen molar-refractivity contribution in [2.24, 2.45) is 0 Å². The summed E-state index contributed by atoms with van der Waals surface area (Å²) in [5.41, 5.74) is 0. The minimum atomic E-state index is -1.15. The van der Waals surface area contributed by atoms with Crippen LogP contribution in [0.1, 0.15) is 6.42 Å². The van der Waals surface area contributed by atoms with E-state index in [9.17, 15) is 9.59 Å². The maximum absolute atomic E-state index is 10.1. The van der Waals surface area contributed by atoms with E-state index in [0.717, 1.165) is 0 Å². The van der Waals surface area contributed by atoms with Gasteiger partial charge in [0.2, 0.25) is 0 Å². The second-order valence-electron chi connectivity index (χ2n) is 1.78. The summed E-state index contributed by atoms with van der Waals surface area (Å²) < 4.78 is 0. The van der Waals surface area contributed by atoms with Crippen LogP contribution in [0.2, 0.25) is 0 Å². The molecule has 0 amide bonds. The van der Waals surface area contributed by atoms with Gasteiger partial charge < -0.3 is 15.5 Å². The van der Waals surface area contributed by atoms with Crippen LogP contribution in [0.4, 0.5) is 0 Å². The number of carboxylic acid groups (broad SMARTS) is 2. The molecule has 0 aliphatic carbocycles. The maximum atomic E-state index is 10.1. The standard InChI is InChI=1S/C5H9NO4.H2S/c1-6-3(5(9)10)2-4(7)8;/h3,6H,2H2,1H3,(H,7,8)(H,9,10);1H2. The van der Waals surface area contributed by atoms with Gasteiger partial charge in [-0.1, -0.05) is 0 Å². The lowest BCUT2D eigenvalue weighted by molar-refractivity contribution is -0.145. The van der Waals surface area contributed by atoms with Crippen LogP contribution < -0.4 is 5.32 Å². The van der Waals surface area contributed by atoms with Gasteiger partial charge in [-0.25, -0.2) is 0 Å². The first kappa shape index (κ1) is 12.9. The molecule has 1 unspecified atom stereocenters. The van der Waals surface area contributed by atoms with E-state index in [1.165, 1.54) is 7.05 Å². The topological polar surface area (TPSA) is 86.6 Å². The Hall–Kier alpha value is -0.750. The average Bonchev–Trinajstić information content (AvgIpc) is 1.81. The van der Waals surface area contributed by atoms with Gasteiger partial charge >= 0.3 is 11.9 Å². The highest BCUT2D eigenvalue weighted by molar-refractivity contribution is 7.59. The number of carbonyl (C=O) groups is 2. The number of aliphatic carboxylic acids is 2. The van der Waals surface area contributed by atoms with E-state index in [1.807, 2.05) is 0 Å². The van der Waals surface area contributed by atoms with Crippen LogP contribution in [0, 0.1) is 0 Å². The number of likely N-dealkylation sites (N-methyl/N-ethyl adjacent to an activating group) is 1. The summed E-state index contributed by atoms with van der Waals surface area (Å²) in [4.78, 5) is 20.1. The molecule has 0 spiro atoms. The zero-order chi connectivity index (χ0) is 8.15. The first-order chi connectivity index (χ1) is 4.57. The van der Waals surface area contributed by atoms with Gasteiger partial charge in [0.1, 0.15) is 6.04 Å². The van der Waals surface area contributed by atoms with E-state index in [4.69, 9.17) is 10.2 Å². The fraction of sp³-hybridized carbons (Fsp3) is 0.600. The number of rotatable bonds is 4. The predicted molar refractivity (Wildman–Crippen MR) is 43.1 cm³/mol. The Morgan fingerprint density at radius 3 is 2.00 bits per heavy atom. The normalized spacial score (nSPS) is 11.4. The van der Waals surface area contributed by atoms with Crippen LogP contribution in [0.5, 0.6) is 0 Å². The fourth-order valence-electron chi connectivity index (χ4n) is 0.487. The van der Waals surface area contributed by atoms with Gasteiger partial charge in [0, 0.05) is 0 Å². The summed E-state index contributed by atoms with van der Waals surface area (Å²) in [6.07, 6.45) is -0.397. The zero-order valence-corrected chi connectivity index (χ0v) is 7.00. The van der Waals surface area contributed by atoms with Gasteiger partial charge in [-0.3, -0.25) is 9.59 Å². The Labute approximate surface area is 70.9 Å². The van der Waals surface area contributed by atoms with E-state index in [1.54, 1.807) is 0 Å². The highest BCUT2D eigenvalue weighted by Gasteiger charge is 2.17. The van der Waals surface area contributed by atoms with Crippen LogP contribution in [-0.2, 0) is 9.59 Å². The van der Waals surface area contributed by atoms with Gasteiger partial charge in [0.15, 0.2) is 0 Å². The zero-order valence-electron chi connectivity index (χ0n) is 6.00. The summed E-state index contributed by atoms with van der Waals surface area (Å²) >= 11 is 0. The minimum Gasteiger partial charge on any atom is -0.481 e. The van der Waals surface area contributed by atoms with Crippen molar-refractivity contribution < 1.29 is 19.8 Å². The lowest BCUT2D eigenvalue weighted by atomic mass is 10.2. The van der Waals surface area contributed by atoms with Crippen LogP contribution in [0.3, 0.4) is 0 Å². The molecule has 0 fully saturated rings. The third-order valence-corrected chi connectivity index (χ3v) is 1.03. The van der Waals surface area contributed by atoms with E-state index in [0.29, 0.717) is 0 Å². The fourth-order valence-corrected chi connectivity index (χ4v) is 0.487. The number of carboxylic acids is 2. The van der Waals surface area contributed by atoms with Crippen LogP contribution in [0.15, 0.2) is 0 Å². The summed E-state index contributed by atoms with van der Waals surface area (Å²) in [5.74, 6) is -2.27. The predicted octanol–water partition coefficient (Wildman–Crippen LogP) is -0.753. The highest BCUT2D eigenvalue weighted by atomic mass is 32.1. The van der Waals surface area contributed by atoms with Gasteiger partial charge in [-0.15, -0.1) is 0 Å². The molecule has 11 heavy (non-hydrogen) atoms. The molecule has 0 saturated carbocycles. The van der Waals surface area contributed by atoms with E-state index in [-0.39, 0.29) is 13.5 Å². The van der Waals surface area contributed by atoms with Crippen molar-refractivity contribution >= 4 is 25.4 Å². The quantitative estimate of drug-likeness (QED) is 0.531. The number of nitrogens with one attached hydrogen (secondary N) is 1. The molecule has 0 aliphatic heterocycles. The number of hydrogen-bond acceptors (Lipinski definition) is 3. The molecule has 0 radical (unpaired) electrons. The Kier molecular flexibility index (Phi) is 7.02. The van der Waals surface area contributed by atoms with Gasteiger partial charge in [-0.2, -0.15) is 13.5 Å². The molecular weight excluding hydrogens is 170 g/mol. The average molecular weight is 181 g/mol. The van der Waals surface area contributed by atoms with Crippen molar-refractivity contribution in [1.82, 2.24) is 5.32 Å². The molecule has 0 aliphatic rings. The Morgan fingerprint density at radius 1 is 1.45 bits per heavy atom. The maximum Gasteiger partial charge on any atom is 0.321 e. The Bertz CT molecular complexity index is 149. The molecule has 1 atom stereocenters. The van der Waals surface area contributed by atoms with Crippen molar-refractivity contribution in [2.75, 3.05) is 7.05 Å². The smallest absolute Gasteiger partial charge is 0.321 e. The largest absolute Gasteiger partial charge is 0.481 e. The monoisotopic (exact) mass is 181 g/mol. The molecule has 0 saturated heterocycles. The molecule has 6 heteroatoms. The molecule has 0 aromatic carbocycles. The minimum absolute atomic E-state index is 0. The van der Waals surface area contributed by atoms with Crippen molar-refractivity contribution in [3.05, 3.63) is 0 Å². The molecule has 0 aromatic rings. The van der Waals surface area contributed by atoms with Crippen molar-refractivity contribution in [1.29, 1.82) is 0 Å². The lowest BCUT2D eigenvalue weighted by Gasteiger charge is -2.06. The van der Waals surface area contributed by atoms with Crippen LogP contribution in [-0.4, -0.2) is 35.2 Å². The molecule has 5 nitrogen and oxygen atoms in total. The third kappa shape index (κ3) is 5.68. The van der Waals surface area contributed by atoms with Gasteiger partial charge in [-0.05, 0) is 7.05 Å². The van der Waals surface area contributed by atoms with Crippen LogP contribution >= 0.6 is 13.5 Å². The third-order valence-electron chi connectivity index (χ3n) is 1.03. The van der Waals surface area contributed by atoms with Crippen molar-refractivity contribution in [3.8, 4) is 0 Å². The second kappa shape index (κ2) is 5.99. The molecule has 3 N–H and O–H groups in total. The Balaban J connectivity index is 0. The lowest BCUT2D eigenvalue weighted by Crippen LogP contribution is -2.35. The summed E-state index contributed by atoms with van der Waals surface area (Å²) in [5, 5.41) is 18.8. The molecule has 0 rings (SSSR count). The molecule has 0 bridgehead atoms. The van der Waals surface area contributed by atoms with Crippen LogP contribution in [0.25, 0.3) is 0 Å². The summed E-state index contributed by atoms with van der Waals surface area (Å²) in [7, 11) is 1.40. The molecule has 0 aromatic heterocycles. The molecular formula is C5H11NO4S. The first-order valence-electron chi connectivity index (χ1n) is 2.69. The number of hydrogen-bond donors (Lipinski definition) is 3. The SMILES string of the molecule is CNC(CC(=O)O)C(=O)O.S. The van der Waals surface area contributed by atoms with E-state index < -0.39 is 24.4 Å².